The van der Waals surface area contributed by atoms with Gasteiger partial charge >= 0.3 is 0 Å². The molecule has 1 aliphatic carbocycles. The summed E-state index contributed by atoms with van der Waals surface area (Å²) in [7, 11) is 0. The smallest absolute Gasteiger partial charge is 0.115 e. The van der Waals surface area contributed by atoms with Crippen LogP contribution in [0.3, 0.4) is 0 Å². The van der Waals surface area contributed by atoms with Crippen LogP contribution in [-0.2, 0) is 6.54 Å². The quantitative estimate of drug-likeness (QED) is 0.897. The molecule has 2 N–H and O–H groups in total. The van der Waals surface area contributed by atoms with Crippen molar-refractivity contribution in [3.05, 3.63) is 29.8 Å². The van der Waals surface area contributed by atoms with Crippen LogP contribution < -0.4 is 0 Å². The standard InChI is InChI=1S/C18H27NO2/c20-15-7-5-6-14(12-15)13-19-11-4-3-9-17(19)16-8-1-2-10-18(16)21/h5-7,12,16-18,20-21H,1-4,8-11,13H2. The third-order valence-electron chi connectivity index (χ3n) is 5.24. The minimum absolute atomic E-state index is 0.117. The first-order chi connectivity index (χ1) is 10.2. The molecule has 1 heterocycles. The maximum atomic E-state index is 10.4. The molecule has 2 fully saturated rings. The molecule has 3 rings (SSSR count). The number of rotatable bonds is 3. The Morgan fingerprint density at radius 3 is 2.67 bits per heavy atom. The highest BCUT2D eigenvalue weighted by molar-refractivity contribution is 5.27. The second-order valence-electron chi connectivity index (χ2n) is 6.72. The molecule has 3 unspecified atom stereocenters. The Kier molecular flexibility index (Phi) is 4.81. The van der Waals surface area contributed by atoms with Crippen molar-refractivity contribution in [2.75, 3.05) is 6.54 Å². The van der Waals surface area contributed by atoms with E-state index in [4.69, 9.17) is 0 Å². The third kappa shape index (κ3) is 3.58. The SMILES string of the molecule is Oc1cccc(CN2CCCCC2C2CCCCC2O)c1. The van der Waals surface area contributed by atoms with Crippen molar-refractivity contribution in [1.82, 2.24) is 4.90 Å². The molecule has 0 amide bonds. The number of phenols is 1. The molecule has 2 aliphatic rings. The number of aliphatic hydroxyl groups is 1. The van der Waals surface area contributed by atoms with Crippen LogP contribution in [0.4, 0.5) is 0 Å². The third-order valence-corrected chi connectivity index (χ3v) is 5.24. The zero-order valence-electron chi connectivity index (χ0n) is 12.7. The van der Waals surface area contributed by atoms with E-state index in [2.05, 4.69) is 11.0 Å². The van der Waals surface area contributed by atoms with Gasteiger partial charge in [-0.05, 0) is 49.9 Å². The van der Waals surface area contributed by atoms with Gasteiger partial charge in [-0.15, -0.1) is 0 Å². The average Bonchev–Trinajstić information content (AvgIpc) is 2.49. The van der Waals surface area contributed by atoms with E-state index in [9.17, 15) is 10.2 Å². The van der Waals surface area contributed by atoms with Gasteiger partial charge in [0.25, 0.3) is 0 Å². The normalized spacial score (nSPS) is 31.2. The molecule has 116 valence electrons. The lowest BCUT2D eigenvalue weighted by Gasteiger charge is -2.43. The summed E-state index contributed by atoms with van der Waals surface area (Å²) in [5.41, 5.74) is 1.17. The summed E-state index contributed by atoms with van der Waals surface area (Å²) in [6.07, 6.45) is 8.20. The van der Waals surface area contributed by atoms with Crippen LogP contribution in [0.25, 0.3) is 0 Å². The minimum Gasteiger partial charge on any atom is -0.508 e. The average molecular weight is 289 g/mol. The Balaban J connectivity index is 1.71. The molecule has 0 radical (unpaired) electrons. The molecule has 1 saturated carbocycles. The Bertz CT molecular complexity index is 462. The zero-order chi connectivity index (χ0) is 14.7. The number of benzene rings is 1. The van der Waals surface area contributed by atoms with Crippen molar-refractivity contribution >= 4 is 0 Å². The van der Waals surface area contributed by atoms with Gasteiger partial charge in [0.05, 0.1) is 6.10 Å². The van der Waals surface area contributed by atoms with Crippen molar-refractivity contribution < 1.29 is 10.2 Å². The molecule has 1 aromatic rings. The summed E-state index contributed by atoms with van der Waals surface area (Å²) < 4.78 is 0. The van der Waals surface area contributed by atoms with Crippen molar-refractivity contribution in [1.29, 1.82) is 0 Å². The summed E-state index contributed by atoms with van der Waals surface area (Å²) in [6.45, 7) is 2.01. The molecule has 1 aromatic carbocycles. The highest BCUT2D eigenvalue weighted by Crippen LogP contribution is 2.34. The Morgan fingerprint density at radius 2 is 1.86 bits per heavy atom. The van der Waals surface area contributed by atoms with Crippen LogP contribution in [0.1, 0.15) is 50.5 Å². The van der Waals surface area contributed by atoms with Gasteiger partial charge in [-0.25, -0.2) is 0 Å². The molecular weight excluding hydrogens is 262 g/mol. The molecule has 1 saturated heterocycles. The monoisotopic (exact) mass is 289 g/mol. The fourth-order valence-corrected chi connectivity index (χ4v) is 4.18. The van der Waals surface area contributed by atoms with Crippen LogP contribution >= 0.6 is 0 Å². The fraction of sp³-hybridized carbons (Fsp3) is 0.667. The number of phenolic OH excluding ortho intramolecular Hbond substituents is 1. The van der Waals surface area contributed by atoms with E-state index in [-0.39, 0.29) is 6.10 Å². The molecule has 21 heavy (non-hydrogen) atoms. The fourth-order valence-electron chi connectivity index (χ4n) is 4.18. The van der Waals surface area contributed by atoms with E-state index in [1.807, 2.05) is 12.1 Å². The molecule has 1 aliphatic heterocycles. The number of aromatic hydroxyl groups is 1. The maximum absolute atomic E-state index is 10.4. The maximum Gasteiger partial charge on any atom is 0.115 e. The Labute approximate surface area is 127 Å². The highest BCUT2D eigenvalue weighted by Gasteiger charge is 2.35. The number of aliphatic hydroxyl groups excluding tert-OH is 1. The molecule has 3 atom stereocenters. The van der Waals surface area contributed by atoms with E-state index < -0.39 is 0 Å². The molecule has 0 aromatic heterocycles. The van der Waals surface area contributed by atoms with Gasteiger partial charge in [0.15, 0.2) is 0 Å². The van der Waals surface area contributed by atoms with Gasteiger partial charge in [0, 0.05) is 18.5 Å². The van der Waals surface area contributed by atoms with Crippen molar-refractivity contribution in [2.45, 2.75) is 63.6 Å². The molecular formula is C18H27NO2. The zero-order valence-corrected chi connectivity index (χ0v) is 12.7. The molecule has 3 nitrogen and oxygen atoms in total. The molecule has 3 heteroatoms. The van der Waals surface area contributed by atoms with Crippen LogP contribution in [0.2, 0.25) is 0 Å². The first kappa shape index (κ1) is 14.9. The van der Waals surface area contributed by atoms with E-state index >= 15 is 0 Å². The number of hydrogen-bond donors (Lipinski definition) is 2. The Hall–Kier alpha value is -1.06. The second-order valence-corrected chi connectivity index (χ2v) is 6.72. The first-order valence-corrected chi connectivity index (χ1v) is 8.44. The summed E-state index contributed by atoms with van der Waals surface area (Å²) in [5, 5.41) is 20.0. The van der Waals surface area contributed by atoms with E-state index in [1.165, 1.54) is 44.1 Å². The van der Waals surface area contributed by atoms with Crippen molar-refractivity contribution in [3.63, 3.8) is 0 Å². The summed E-state index contributed by atoms with van der Waals surface area (Å²) in [5.74, 6) is 0.787. The van der Waals surface area contributed by atoms with Gasteiger partial charge in [0.1, 0.15) is 5.75 Å². The number of likely N-dealkylation sites (tertiary alicyclic amines) is 1. The summed E-state index contributed by atoms with van der Waals surface area (Å²) in [6, 6.07) is 8.10. The predicted octanol–water partition coefficient (Wildman–Crippen LogP) is 3.30. The van der Waals surface area contributed by atoms with Gasteiger partial charge in [-0.3, -0.25) is 4.90 Å². The van der Waals surface area contributed by atoms with E-state index in [0.717, 1.165) is 19.5 Å². The lowest BCUT2D eigenvalue weighted by atomic mass is 9.78. The lowest BCUT2D eigenvalue weighted by Crippen LogP contribution is -2.48. The minimum atomic E-state index is -0.117. The molecule has 0 spiro atoms. The largest absolute Gasteiger partial charge is 0.508 e. The van der Waals surface area contributed by atoms with Crippen LogP contribution in [-0.4, -0.2) is 33.8 Å². The van der Waals surface area contributed by atoms with Crippen LogP contribution in [0.15, 0.2) is 24.3 Å². The van der Waals surface area contributed by atoms with Crippen LogP contribution in [0, 0.1) is 5.92 Å². The van der Waals surface area contributed by atoms with E-state index in [0.29, 0.717) is 17.7 Å². The number of hydrogen-bond acceptors (Lipinski definition) is 3. The highest BCUT2D eigenvalue weighted by atomic mass is 16.3. The summed E-state index contributed by atoms with van der Waals surface area (Å²) >= 11 is 0. The Morgan fingerprint density at radius 1 is 1.05 bits per heavy atom. The number of nitrogens with zero attached hydrogens (tertiary/aromatic N) is 1. The first-order valence-electron chi connectivity index (χ1n) is 8.44. The van der Waals surface area contributed by atoms with Crippen molar-refractivity contribution in [3.8, 4) is 5.75 Å². The second kappa shape index (κ2) is 6.80. The molecule has 0 bridgehead atoms. The summed E-state index contributed by atoms with van der Waals surface area (Å²) in [4.78, 5) is 2.54. The predicted molar refractivity (Wildman–Crippen MR) is 84.1 cm³/mol. The van der Waals surface area contributed by atoms with Gasteiger partial charge in [0.2, 0.25) is 0 Å². The lowest BCUT2D eigenvalue weighted by molar-refractivity contribution is -0.00863. The van der Waals surface area contributed by atoms with Crippen molar-refractivity contribution in [2.24, 2.45) is 5.92 Å². The van der Waals surface area contributed by atoms with E-state index in [1.54, 1.807) is 6.07 Å². The topological polar surface area (TPSA) is 43.7 Å². The van der Waals surface area contributed by atoms with Gasteiger partial charge in [-0.2, -0.15) is 0 Å². The van der Waals surface area contributed by atoms with Gasteiger partial charge < -0.3 is 10.2 Å². The van der Waals surface area contributed by atoms with Crippen LogP contribution in [0.5, 0.6) is 5.75 Å². The van der Waals surface area contributed by atoms with Gasteiger partial charge in [-0.1, -0.05) is 31.4 Å². The number of piperidine rings is 1.